The van der Waals surface area contributed by atoms with E-state index in [0.29, 0.717) is 18.9 Å². The van der Waals surface area contributed by atoms with Crippen LogP contribution in [0.15, 0.2) is 29.2 Å². The first-order valence-corrected chi connectivity index (χ1v) is 12.2. The zero-order chi connectivity index (χ0) is 20.4. The van der Waals surface area contributed by atoms with Gasteiger partial charge in [0, 0.05) is 51.2 Å². The lowest BCUT2D eigenvalue weighted by molar-refractivity contribution is -0.138. The molecule has 2 heterocycles. The van der Waals surface area contributed by atoms with Gasteiger partial charge in [0.2, 0.25) is 15.9 Å². The van der Waals surface area contributed by atoms with Gasteiger partial charge in [-0.25, -0.2) is 12.8 Å². The van der Waals surface area contributed by atoms with E-state index in [2.05, 4.69) is 4.90 Å². The second-order valence-corrected chi connectivity index (χ2v) is 10.3. The largest absolute Gasteiger partial charge is 0.340 e. The minimum absolute atomic E-state index is 0.139. The van der Waals surface area contributed by atoms with Gasteiger partial charge in [-0.3, -0.25) is 9.69 Å². The van der Waals surface area contributed by atoms with Crippen LogP contribution in [0.5, 0.6) is 0 Å². The molecule has 1 saturated carbocycles. The van der Waals surface area contributed by atoms with Crippen LogP contribution in [0.25, 0.3) is 0 Å². The van der Waals surface area contributed by atoms with Crippen molar-refractivity contribution in [3.63, 3.8) is 0 Å². The molecule has 160 valence electrons. The van der Waals surface area contributed by atoms with Gasteiger partial charge < -0.3 is 4.90 Å². The fraction of sp³-hybridized carbons (Fsp3) is 0.667. The highest BCUT2D eigenvalue weighted by Crippen LogP contribution is 2.28. The quantitative estimate of drug-likeness (QED) is 0.746. The predicted octanol–water partition coefficient (Wildman–Crippen LogP) is 2.31. The number of amides is 1. The second-order valence-electron chi connectivity index (χ2n) is 8.41. The van der Waals surface area contributed by atoms with Crippen molar-refractivity contribution in [2.75, 3.05) is 39.3 Å². The van der Waals surface area contributed by atoms with Gasteiger partial charge >= 0.3 is 0 Å². The van der Waals surface area contributed by atoms with Crippen molar-refractivity contribution in [2.45, 2.75) is 49.5 Å². The maximum absolute atomic E-state index is 14.0. The third-order valence-corrected chi connectivity index (χ3v) is 8.66. The molecule has 1 amide bonds. The van der Waals surface area contributed by atoms with Gasteiger partial charge in [-0.05, 0) is 37.8 Å². The summed E-state index contributed by atoms with van der Waals surface area (Å²) in [4.78, 5) is 17.1. The molecule has 0 bridgehead atoms. The van der Waals surface area contributed by atoms with Crippen molar-refractivity contribution in [3.8, 4) is 0 Å². The number of carbonyl (C=O) groups excluding carboxylic acids is 1. The van der Waals surface area contributed by atoms with Crippen molar-refractivity contribution in [3.05, 3.63) is 30.1 Å². The Kier molecular flexibility index (Phi) is 6.22. The summed E-state index contributed by atoms with van der Waals surface area (Å²) >= 11 is 0. The van der Waals surface area contributed by atoms with Crippen molar-refractivity contribution in [1.29, 1.82) is 0 Å². The van der Waals surface area contributed by atoms with E-state index in [4.69, 9.17) is 0 Å². The molecule has 1 aliphatic carbocycles. The lowest BCUT2D eigenvalue weighted by Crippen LogP contribution is -2.53. The number of hydrogen-bond acceptors (Lipinski definition) is 4. The predicted molar refractivity (Wildman–Crippen MR) is 108 cm³/mol. The van der Waals surface area contributed by atoms with E-state index in [1.54, 1.807) is 0 Å². The van der Waals surface area contributed by atoms with E-state index in [-0.39, 0.29) is 29.8 Å². The lowest BCUT2D eigenvalue weighted by atomic mass is 9.96. The monoisotopic (exact) mass is 423 g/mol. The summed E-state index contributed by atoms with van der Waals surface area (Å²) < 4.78 is 40.7. The van der Waals surface area contributed by atoms with E-state index >= 15 is 0 Å². The smallest absolute Gasteiger partial charge is 0.245 e. The fourth-order valence-corrected chi connectivity index (χ4v) is 6.51. The second kappa shape index (κ2) is 8.70. The van der Waals surface area contributed by atoms with E-state index < -0.39 is 15.8 Å². The molecular weight excluding hydrogens is 393 g/mol. The summed E-state index contributed by atoms with van der Waals surface area (Å²) in [7, 11) is -3.86. The topological polar surface area (TPSA) is 60.9 Å². The minimum atomic E-state index is -3.86. The van der Waals surface area contributed by atoms with Crippen molar-refractivity contribution < 1.29 is 17.6 Å². The molecule has 2 saturated heterocycles. The molecule has 0 atom stereocenters. The highest BCUT2D eigenvalue weighted by Gasteiger charge is 2.36. The molecule has 3 aliphatic rings. The molecule has 4 rings (SSSR count). The zero-order valence-corrected chi connectivity index (χ0v) is 17.6. The van der Waals surface area contributed by atoms with Crippen LogP contribution in [0.4, 0.5) is 4.39 Å². The Morgan fingerprint density at radius 3 is 2.14 bits per heavy atom. The van der Waals surface area contributed by atoms with Crippen molar-refractivity contribution >= 4 is 15.9 Å². The van der Waals surface area contributed by atoms with Gasteiger partial charge in [-0.15, -0.1) is 0 Å². The van der Waals surface area contributed by atoms with Gasteiger partial charge in [-0.1, -0.05) is 25.0 Å². The molecule has 0 N–H and O–H groups in total. The molecule has 8 heteroatoms. The molecule has 0 spiro atoms. The van der Waals surface area contributed by atoms with Gasteiger partial charge in [0.05, 0.1) is 0 Å². The van der Waals surface area contributed by atoms with Crippen LogP contribution < -0.4 is 0 Å². The van der Waals surface area contributed by atoms with Gasteiger partial charge in [-0.2, -0.15) is 4.31 Å². The molecule has 29 heavy (non-hydrogen) atoms. The normalized spacial score (nSPS) is 23.6. The number of benzene rings is 1. The Morgan fingerprint density at radius 1 is 0.897 bits per heavy atom. The molecular formula is C21H30FN3O3S. The summed E-state index contributed by atoms with van der Waals surface area (Å²) in [6, 6.07) is 6.16. The maximum atomic E-state index is 14.0. The zero-order valence-electron chi connectivity index (χ0n) is 16.8. The first kappa shape index (κ1) is 20.8. The third-order valence-electron chi connectivity index (χ3n) is 6.72. The Bertz CT molecular complexity index is 825. The number of rotatable bonds is 4. The minimum Gasteiger partial charge on any atom is -0.340 e. The molecule has 1 aromatic carbocycles. The Hall–Kier alpha value is -1.51. The van der Waals surface area contributed by atoms with Crippen LogP contribution in [0, 0.1) is 11.7 Å². The number of carbonyl (C=O) groups is 1. The molecule has 2 aliphatic heterocycles. The summed E-state index contributed by atoms with van der Waals surface area (Å²) in [5.41, 5.74) is 0. The number of piperidine rings is 1. The van der Waals surface area contributed by atoms with Gasteiger partial charge in [0.25, 0.3) is 0 Å². The number of hydrogen-bond donors (Lipinski definition) is 0. The van der Waals surface area contributed by atoms with Crippen molar-refractivity contribution in [1.82, 2.24) is 14.1 Å². The molecule has 0 radical (unpaired) electrons. The average Bonchev–Trinajstić information content (AvgIpc) is 3.28. The molecule has 0 unspecified atom stereocenters. The Morgan fingerprint density at radius 2 is 1.52 bits per heavy atom. The Balaban J connectivity index is 1.30. The number of piperazine rings is 1. The fourth-order valence-electron chi connectivity index (χ4n) is 4.97. The first-order valence-electron chi connectivity index (χ1n) is 10.7. The van der Waals surface area contributed by atoms with Crippen molar-refractivity contribution in [2.24, 2.45) is 5.92 Å². The van der Waals surface area contributed by atoms with Crippen LogP contribution in [-0.2, 0) is 14.8 Å². The SMILES string of the molecule is O=C(C1CCN(S(=O)(=O)c2ccccc2F)CC1)N1CCN(C2CCCC2)CC1. The third kappa shape index (κ3) is 4.34. The standard InChI is InChI=1S/C21H30FN3O3S/c22-19-7-3-4-8-20(19)29(27,28)25-11-9-17(10-12-25)21(26)24-15-13-23(14-16-24)18-5-1-2-6-18/h3-4,7-8,17-18H,1-2,5-6,9-16H2. The van der Waals surface area contributed by atoms with Crippen LogP contribution in [0.2, 0.25) is 0 Å². The molecule has 1 aromatic rings. The summed E-state index contributed by atoms with van der Waals surface area (Å²) in [6.45, 7) is 3.93. The number of sulfonamides is 1. The highest BCUT2D eigenvalue weighted by molar-refractivity contribution is 7.89. The van der Waals surface area contributed by atoms with Crippen LogP contribution in [0.3, 0.4) is 0 Å². The Labute approximate surface area is 172 Å². The summed E-state index contributed by atoms with van der Waals surface area (Å²) in [5, 5.41) is 0. The van der Waals surface area contributed by atoms with Crippen LogP contribution in [-0.4, -0.2) is 73.7 Å². The summed E-state index contributed by atoms with van der Waals surface area (Å²) in [6.07, 6.45) is 6.19. The van der Waals surface area contributed by atoms with Crippen LogP contribution >= 0.6 is 0 Å². The molecule has 6 nitrogen and oxygen atoms in total. The average molecular weight is 424 g/mol. The molecule has 3 fully saturated rings. The summed E-state index contributed by atoms with van der Waals surface area (Å²) in [5.74, 6) is -0.718. The van der Waals surface area contributed by atoms with E-state index in [0.717, 1.165) is 32.2 Å². The number of nitrogens with zero attached hydrogens (tertiary/aromatic N) is 3. The van der Waals surface area contributed by atoms with E-state index in [9.17, 15) is 17.6 Å². The van der Waals surface area contributed by atoms with Crippen LogP contribution in [0.1, 0.15) is 38.5 Å². The van der Waals surface area contributed by atoms with E-state index in [1.165, 1.54) is 48.2 Å². The number of halogens is 1. The lowest BCUT2D eigenvalue weighted by Gasteiger charge is -2.40. The van der Waals surface area contributed by atoms with Gasteiger partial charge in [0.15, 0.2) is 0 Å². The van der Waals surface area contributed by atoms with Gasteiger partial charge in [0.1, 0.15) is 10.7 Å². The maximum Gasteiger partial charge on any atom is 0.245 e. The van der Waals surface area contributed by atoms with E-state index in [1.807, 2.05) is 4.90 Å². The highest BCUT2D eigenvalue weighted by atomic mass is 32.2. The first-order chi connectivity index (χ1) is 14.0. The molecule has 0 aromatic heterocycles.